The van der Waals surface area contributed by atoms with Gasteiger partial charge in [-0.2, -0.15) is 0 Å². The number of rotatable bonds is 8. The van der Waals surface area contributed by atoms with Crippen molar-refractivity contribution < 1.29 is 14.7 Å². The summed E-state index contributed by atoms with van der Waals surface area (Å²) < 4.78 is 0. The topological polar surface area (TPSA) is 78.4 Å². The summed E-state index contributed by atoms with van der Waals surface area (Å²) in [4.78, 5) is 23.1. The lowest BCUT2D eigenvalue weighted by atomic mass is 10.2. The molecule has 0 aliphatic carbocycles. The molecular formula is C15H22N2O3. The van der Waals surface area contributed by atoms with Gasteiger partial charge in [-0.25, -0.2) is 0 Å². The molecule has 0 fully saturated rings. The van der Waals surface area contributed by atoms with Crippen LogP contribution in [-0.4, -0.2) is 36.1 Å². The highest BCUT2D eigenvalue weighted by Gasteiger charge is 2.05. The average Bonchev–Trinajstić information content (AvgIpc) is 2.44. The highest BCUT2D eigenvalue weighted by molar-refractivity contribution is 5.94. The van der Waals surface area contributed by atoms with Crippen LogP contribution in [-0.2, 0) is 4.79 Å². The highest BCUT2D eigenvalue weighted by Crippen LogP contribution is 1.98. The molecule has 1 aromatic rings. The van der Waals surface area contributed by atoms with Crippen molar-refractivity contribution in [3.05, 3.63) is 35.9 Å². The molecule has 0 bridgehead atoms. The van der Waals surface area contributed by atoms with Gasteiger partial charge in [0.1, 0.15) is 0 Å². The SMILES string of the molecule is CC(O)CCNC(=O)CCCNC(=O)c1ccccc1. The summed E-state index contributed by atoms with van der Waals surface area (Å²) in [5, 5.41) is 14.5. The van der Waals surface area contributed by atoms with Crippen molar-refractivity contribution in [2.24, 2.45) is 0 Å². The second kappa shape index (κ2) is 9.09. The Kier molecular flexibility index (Phi) is 7.35. The van der Waals surface area contributed by atoms with Crippen LogP contribution in [0.3, 0.4) is 0 Å². The van der Waals surface area contributed by atoms with E-state index in [1.807, 2.05) is 18.2 Å². The minimum Gasteiger partial charge on any atom is -0.393 e. The van der Waals surface area contributed by atoms with E-state index < -0.39 is 6.10 Å². The number of aliphatic hydroxyl groups excluding tert-OH is 1. The predicted octanol–water partition coefficient (Wildman–Crippen LogP) is 1.08. The van der Waals surface area contributed by atoms with E-state index in [-0.39, 0.29) is 11.8 Å². The minimum absolute atomic E-state index is 0.0559. The van der Waals surface area contributed by atoms with Crippen molar-refractivity contribution in [1.29, 1.82) is 0 Å². The Morgan fingerprint density at radius 3 is 2.50 bits per heavy atom. The van der Waals surface area contributed by atoms with Gasteiger partial charge in [-0.15, -0.1) is 0 Å². The summed E-state index contributed by atoms with van der Waals surface area (Å²) in [5.74, 6) is -0.181. The molecule has 0 saturated heterocycles. The van der Waals surface area contributed by atoms with Crippen molar-refractivity contribution in [2.75, 3.05) is 13.1 Å². The zero-order valence-electron chi connectivity index (χ0n) is 11.8. The van der Waals surface area contributed by atoms with E-state index >= 15 is 0 Å². The van der Waals surface area contributed by atoms with Crippen LogP contribution in [0, 0.1) is 0 Å². The van der Waals surface area contributed by atoms with Crippen molar-refractivity contribution >= 4 is 11.8 Å². The lowest BCUT2D eigenvalue weighted by molar-refractivity contribution is -0.121. The van der Waals surface area contributed by atoms with Crippen LogP contribution in [0.2, 0.25) is 0 Å². The molecule has 0 radical (unpaired) electrons. The Balaban J connectivity index is 2.10. The van der Waals surface area contributed by atoms with E-state index in [0.29, 0.717) is 37.9 Å². The molecule has 1 rings (SSSR count). The number of carbonyl (C=O) groups excluding carboxylic acids is 2. The van der Waals surface area contributed by atoms with Gasteiger partial charge in [-0.05, 0) is 31.9 Å². The fourth-order valence-corrected chi connectivity index (χ4v) is 1.65. The Morgan fingerprint density at radius 2 is 1.85 bits per heavy atom. The summed E-state index contributed by atoms with van der Waals surface area (Å²) >= 11 is 0. The number of hydrogen-bond donors (Lipinski definition) is 3. The van der Waals surface area contributed by atoms with E-state index in [0.717, 1.165) is 0 Å². The molecule has 0 spiro atoms. The van der Waals surface area contributed by atoms with Crippen LogP contribution in [0.4, 0.5) is 0 Å². The van der Waals surface area contributed by atoms with Crippen LogP contribution < -0.4 is 10.6 Å². The Labute approximate surface area is 119 Å². The first-order chi connectivity index (χ1) is 9.59. The Morgan fingerprint density at radius 1 is 1.15 bits per heavy atom. The maximum Gasteiger partial charge on any atom is 0.251 e. The predicted molar refractivity (Wildman–Crippen MR) is 77.3 cm³/mol. The molecule has 5 heteroatoms. The van der Waals surface area contributed by atoms with Gasteiger partial charge >= 0.3 is 0 Å². The van der Waals surface area contributed by atoms with E-state index in [1.54, 1.807) is 19.1 Å². The molecule has 0 saturated carbocycles. The molecule has 0 heterocycles. The fraction of sp³-hybridized carbons (Fsp3) is 0.467. The second-order valence-corrected chi connectivity index (χ2v) is 4.71. The zero-order chi connectivity index (χ0) is 14.8. The maximum atomic E-state index is 11.7. The van der Waals surface area contributed by atoms with Crippen molar-refractivity contribution in [3.63, 3.8) is 0 Å². The van der Waals surface area contributed by atoms with Gasteiger partial charge in [0, 0.05) is 25.1 Å². The molecular weight excluding hydrogens is 256 g/mol. The molecule has 1 atom stereocenters. The molecule has 110 valence electrons. The number of amides is 2. The average molecular weight is 278 g/mol. The maximum absolute atomic E-state index is 11.7. The smallest absolute Gasteiger partial charge is 0.251 e. The Bertz CT molecular complexity index is 418. The largest absolute Gasteiger partial charge is 0.393 e. The summed E-state index contributed by atoms with van der Waals surface area (Å²) in [6, 6.07) is 8.97. The van der Waals surface area contributed by atoms with E-state index in [2.05, 4.69) is 10.6 Å². The van der Waals surface area contributed by atoms with E-state index in [9.17, 15) is 9.59 Å². The monoisotopic (exact) mass is 278 g/mol. The molecule has 1 unspecified atom stereocenters. The van der Waals surface area contributed by atoms with Gasteiger partial charge < -0.3 is 15.7 Å². The van der Waals surface area contributed by atoms with Crippen molar-refractivity contribution in [1.82, 2.24) is 10.6 Å². The van der Waals surface area contributed by atoms with Crippen LogP contribution in [0.5, 0.6) is 0 Å². The number of benzene rings is 1. The van der Waals surface area contributed by atoms with Gasteiger partial charge in [0.2, 0.25) is 5.91 Å². The quantitative estimate of drug-likeness (QED) is 0.623. The summed E-state index contributed by atoms with van der Waals surface area (Å²) in [5.41, 5.74) is 0.619. The Hall–Kier alpha value is -1.88. The van der Waals surface area contributed by atoms with Gasteiger partial charge in [0.15, 0.2) is 0 Å². The number of carbonyl (C=O) groups is 2. The van der Waals surface area contributed by atoms with Crippen LogP contribution in [0.1, 0.15) is 36.5 Å². The molecule has 20 heavy (non-hydrogen) atoms. The first-order valence-corrected chi connectivity index (χ1v) is 6.87. The lowest BCUT2D eigenvalue weighted by Gasteiger charge is -2.07. The normalized spacial score (nSPS) is 11.7. The second-order valence-electron chi connectivity index (χ2n) is 4.71. The van der Waals surface area contributed by atoms with Gasteiger partial charge in [0.25, 0.3) is 5.91 Å². The first-order valence-electron chi connectivity index (χ1n) is 6.87. The molecule has 0 aliphatic heterocycles. The molecule has 1 aromatic carbocycles. The number of nitrogens with one attached hydrogen (secondary N) is 2. The summed E-state index contributed by atoms with van der Waals surface area (Å²) in [6.45, 7) is 2.63. The minimum atomic E-state index is -0.402. The molecule has 0 aliphatic rings. The third-order valence-corrected chi connectivity index (χ3v) is 2.79. The molecule has 5 nitrogen and oxygen atoms in total. The van der Waals surface area contributed by atoms with Gasteiger partial charge in [-0.1, -0.05) is 18.2 Å². The molecule has 3 N–H and O–H groups in total. The third kappa shape index (κ3) is 6.89. The zero-order valence-corrected chi connectivity index (χ0v) is 11.8. The van der Waals surface area contributed by atoms with Gasteiger partial charge in [0.05, 0.1) is 6.10 Å². The van der Waals surface area contributed by atoms with Crippen LogP contribution in [0.15, 0.2) is 30.3 Å². The summed E-state index contributed by atoms with van der Waals surface area (Å²) in [7, 11) is 0. The van der Waals surface area contributed by atoms with E-state index in [4.69, 9.17) is 5.11 Å². The first kappa shape index (κ1) is 16.2. The molecule has 0 aromatic heterocycles. The number of hydrogen-bond acceptors (Lipinski definition) is 3. The molecule has 2 amide bonds. The van der Waals surface area contributed by atoms with Crippen LogP contribution >= 0.6 is 0 Å². The van der Waals surface area contributed by atoms with Gasteiger partial charge in [-0.3, -0.25) is 9.59 Å². The highest BCUT2D eigenvalue weighted by atomic mass is 16.3. The summed E-state index contributed by atoms with van der Waals surface area (Å²) in [6.07, 6.45) is 1.12. The third-order valence-electron chi connectivity index (χ3n) is 2.79. The fourth-order valence-electron chi connectivity index (χ4n) is 1.65. The lowest BCUT2D eigenvalue weighted by Crippen LogP contribution is -2.28. The van der Waals surface area contributed by atoms with E-state index in [1.165, 1.54) is 0 Å². The number of aliphatic hydroxyl groups is 1. The standard InChI is InChI=1S/C15H22N2O3/c1-12(18)9-11-16-14(19)8-5-10-17-15(20)13-6-3-2-4-7-13/h2-4,6-7,12,18H,5,8-11H2,1H3,(H,16,19)(H,17,20). The van der Waals surface area contributed by atoms with Crippen molar-refractivity contribution in [2.45, 2.75) is 32.3 Å². The van der Waals surface area contributed by atoms with Crippen LogP contribution in [0.25, 0.3) is 0 Å². The van der Waals surface area contributed by atoms with Crippen molar-refractivity contribution in [3.8, 4) is 0 Å².